The lowest BCUT2D eigenvalue weighted by Gasteiger charge is -1.94. The van der Waals surface area contributed by atoms with E-state index in [1.54, 1.807) is 11.3 Å². The maximum Gasteiger partial charge on any atom is 0.309 e. The minimum Gasteiger partial charge on any atom is -0.481 e. The summed E-state index contributed by atoms with van der Waals surface area (Å²) in [4.78, 5) is 10.6. The minimum absolute atomic E-state index is 0.157. The first-order chi connectivity index (χ1) is 7.58. The average Bonchev–Trinajstić information content (AvgIpc) is 2.51. The molecular weight excluding hydrogens is 290 g/mol. The fourth-order valence-electron chi connectivity index (χ4n) is 1.66. The van der Waals surface area contributed by atoms with Crippen LogP contribution in [-0.2, 0) is 11.3 Å². The molecule has 84 valence electrons. The smallest absolute Gasteiger partial charge is 0.309 e. The van der Waals surface area contributed by atoms with E-state index < -0.39 is 5.97 Å². The number of aliphatic carboxylic acids is 1. The molecule has 1 heterocycles. The number of fused-ring (bicyclic) bond motifs is 1. The van der Waals surface area contributed by atoms with Gasteiger partial charge in [-0.2, -0.15) is 4.57 Å². The Kier molecular flexibility index (Phi) is 3.25. The van der Waals surface area contributed by atoms with Crippen molar-refractivity contribution in [3.63, 3.8) is 0 Å². The van der Waals surface area contributed by atoms with Crippen LogP contribution >= 0.6 is 27.3 Å². The number of hydrogen-bond donors (Lipinski definition) is 1. The van der Waals surface area contributed by atoms with Gasteiger partial charge in [0.15, 0.2) is 6.54 Å². The standard InChI is InChI=1S/C11H10BrNO2S/c1-7-13(5-4-11(14)15)9-6-8(12)2-3-10(9)16-7/h2-3,6H,4-5H2,1H3/p+1. The third kappa shape index (κ3) is 2.25. The van der Waals surface area contributed by atoms with E-state index in [4.69, 9.17) is 5.11 Å². The second-order valence-electron chi connectivity index (χ2n) is 3.53. The quantitative estimate of drug-likeness (QED) is 0.886. The zero-order valence-electron chi connectivity index (χ0n) is 8.74. The van der Waals surface area contributed by atoms with Gasteiger partial charge in [-0.25, -0.2) is 0 Å². The molecule has 0 aliphatic carbocycles. The van der Waals surface area contributed by atoms with Crippen LogP contribution in [0.4, 0.5) is 0 Å². The summed E-state index contributed by atoms with van der Waals surface area (Å²) in [5.41, 5.74) is 1.10. The number of carboxylic acid groups (broad SMARTS) is 1. The van der Waals surface area contributed by atoms with E-state index in [-0.39, 0.29) is 6.42 Å². The number of carbonyl (C=O) groups is 1. The highest BCUT2D eigenvalue weighted by atomic mass is 79.9. The summed E-state index contributed by atoms with van der Waals surface area (Å²) in [6.45, 7) is 2.54. The molecule has 0 unspecified atom stereocenters. The topological polar surface area (TPSA) is 41.2 Å². The van der Waals surface area contributed by atoms with Crippen molar-refractivity contribution >= 4 is 43.5 Å². The zero-order chi connectivity index (χ0) is 11.7. The van der Waals surface area contributed by atoms with Gasteiger partial charge in [0, 0.05) is 17.5 Å². The van der Waals surface area contributed by atoms with Gasteiger partial charge in [-0.15, -0.1) is 0 Å². The summed E-state index contributed by atoms with van der Waals surface area (Å²) >= 11 is 5.12. The van der Waals surface area contributed by atoms with Gasteiger partial charge in [0.25, 0.3) is 0 Å². The van der Waals surface area contributed by atoms with E-state index in [1.807, 2.05) is 25.1 Å². The molecule has 0 radical (unpaired) electrons. The molecule has 1 N–H and O–H groups in total. The second-order valence-corrected chi connectivity index (χ2v) is 5.68. The van der Waals surface area contributed by atoms with Crippen LogP contribution in [0.5, 0.6) is 0 Å². The van der Waals surface area contributed by atoms with E-state index in [0.29, 0.717) is 6.54 Å². The maximum atomic E-state index is 10.6. The third-order valence-electron chi connectivity index (χ3n) is 2.40. The molecule has 16 heavy (non-hydrogen) atoms. The molecule has 1 aromatic heterocycles. The lowest BCUT2D eigenvalue weighted by Crippen LogP contribution is -2.36. The molecular formula is C11H11BrNO2S+. The van der Waals surface area contributed by atoms with Gasteiger partial charge in [0.05, 0.1) is 0 Å². The number of nitrogens with zero attached hydrogens (tertiary/aromatic N) is 1. The summed E-state index contributed by atoms with van der Waals surface area (Å²) in [5, 5.41) is 9.84. The highest BCUT2D eigenvalue weighted by molar-refractivity contribution is 9.10. The molecule has 1 aromatic carbocycles. The van der Waals surface area contributed by atoms with Crippen LogP contribution in [-0.4, -0.2) is 11.1 Å². The van der Waals surface area contributed by atoms with Crippen LogP contribution in [0.3, 0.4) is 0 Å². The summed E-state index contributed by atoms with van der Waals surface area (Å²) in [6, 6.07) is 6.08. The fourth-order valence-corrected chi connectivity index (χ4v) is 3.03. The highest BCUT2D eigenvalue weighted by Gasteiger charge is 2.17. The van der Waals surface area contributed by atoms with E-state index in [0.717, 1.165) is 15.0 Å². The van der Waals surface area contributed by atoms with Gasteiger partial charge >= 0.3 is 5.97 Å². The monoisotopic (exact) mass is 300 g/mol. The Hall–Kier alpha value is -0.940. The molecule has 2 rings (SSSR count). The van der Waals surface area contributed by atoms with Crippen LogP contribution in [0.1, 0.15) is 11.4 Å². The zero-order valence-corrected chi connectivity index (χ0v) is 11.1. The predicted octanol–water partition coefficient (Wildman–Crippen LogP) is 2.73. The van der Waals surface area contributed by atoms with E-state index in [9.17, 15) is 4.79 Å². The maximum absolute atomic E-state index is 10.6. The number of aryl methyl sites for hydroxylation is 2. The van der Waals surface area contributed by atoms with Crippen LogP contribution in [0.2, 0.25) is 0 Å². The molecule has 0 aliphatic heterocycles. The van der Waals surface area contributed by atoms with Crippen molar-refractivity contribution in [2.45, 2.75) is 19.9 Å². The molecule has 0 aliphatic rings. The van der Waals surface area contributed by atoms with Crippen LogP contribution < -0.4 is 4.57 Å². The number of carboxylic acids is 1. The van der Waals surface area contributed by atoms with Crippen molar-refractivity contribution in [2.24, 2.45) is 0 Å². The summed E-state index contributed by atoms with van der Waals surface area (Å²) in [6.07, 6.45) is 0.157. The van der Waals surface area contributed by atoms with Crippen molar-refractivity contribution in [3.05, 3.63) is 27.7 Å². The van der Waals surface area contributed by atoms with Crippen LogP contribution in [0.15, 0.2) is 22.7 Å². The van der Waals surface area contributed by atoms with Gasteiger partial charge in [-0.05, 0) is 12.1 Å². The van der Waals surface area contributed by atoms with Crippen molar-refractivity contribution in [2.75, 3.05) is 0 Å². The SMILES string of the molecule is Cc1sc2ccc(Br)cc2[n+]1CCC(=O)O. The van der Waals surface area contributed by atoms with Gasteiger partial charge in [0.1, 0.15) is 11.1 Å². The Balaban J connectivity index is 2.45. The van der Waals surface area contributed by atoms with Gasteiger partial charge in [-0.1, -0.05) is 27.3 Å². The number of benzene rings is 1. The van der Waals surface area contributed by atoms with Crippen molar-refractivity contribution < 1.29 is 14.5 Å². The Morgan fingerprint density at radius 1 is 1.56 bits per heavy atom. The molecule has 0 fully saturated rings. The van der Waals surface area contributed by atoms with Crippen molar-refractivity contribution in [3.8, 4) is 0 Å². The summed E-state index contributed by atoms with van der Waals surface area (Å²) in [5.74, 6) is -0.763. The fraction of sp³-hybridized carbons (Fsp3) is 0.273. The first-order valence-corrected chi connectivity index (χ1v) is 6.49. The lowest BCUT2D eigenvalue weighted by molar-refractivity contribution is -0.671. The van der Waals surface area contributed by atoms with Gasteiger partial charge in [-0.3, -0.25) is 4.79 Å². The minimum atomic E-state index is -0.763. The number of thiazole rings is 1. The largest absolute Gasteiger partial charge is 0.481 e. The van der Waals surface area contributed by atoms with Gasteiger partial charge < -0.3 is 5.11 Å². The molecule has 0 amide bonds. The molecule has 0 atom stereocenters. The van der Waals surface area contributed by atoms with Crippen molar-refractivity contribution in [1.29, 1.82) is 0 Å². The Labute approximate surface area is 105 Å². The molecule has 5 heteroatoms. The Bertz CT molecular complexity index is 550. The van der Waals surface area contributed by atoms with Crippen molar-refractivity contribution in [1.82, 2.24) is 0 Å². The van der Waals surface area contributed by atoms with Crippen LogP contribution in [0.25, 0.3) is 10.2 Å². The Morgan fingerprint density at radius 3 is 3.00 bits per heavy atom. The molecule has 0 saturated carbocycles. The van der Waals surface area contributed by atoms with Gasteiger partial charge in [0.2, 0.25) is 10.5 Å². The highest BCUT2D eigenvalue weighted by Crippen LogP contribution is 2.23. The number of aromatic nitrogens is 1. The Morgan fingerprint density at radius 2 is 2.31 bits per heavy atom. The predicted molar refractivity (Wildman–Crippen MR) is 66.7 cm³/mol. The van der Waals surface area contributed by atoms with E-state index in [1.165, 1.54) is 4.70 Å². The van der Waals surface area contributed by atoms with E-state index >= 15 is 0 Å². The average molecular weight is 301 g/mol. The number of hydrogen-bond acceptors (Lipinski definition) is 2. The van der Waals surface area contributed by atoms with E-state index in [2.05, 4.69) is 20.5 Å². The van der Waals surface area contributed by atoms with Crippen LogP contribution in [0, 0.1) is 6.92 Å². The summed E-state index contributed by atoms with van der Waals surface area (Å²) in [7, 11) is 0. The second kappa shape index (κ2) is 4.51. The molecule has 0 bridgehead atoms. The third-order valence-corrected chi connectivity index (χ3v) is 3.97. The molecule has 0 spiro atoms. The first kappa shape index (κ1) is 11.5. The lowest BCUT2D eigenvalue weighted by atomic mass is 10.3. The normalized spacial score (nSPS) is 10.9. The number of halogens is 1. The molecule has 0 saturated heterocycles. The summed E-state index contributed by atoms with van der Waals surface area (Å²) < 4.78 is 4.26. The first-order valence-electron chi connectivity index (χ1n) is 4.88. The number of rotatable bonds is 3. The molecule has 3 nitrogen and oxygen atoms in total. The molecule has 2 aromatic rings.